The van der Waals surface area contributed by atoms with Gasteiger partial charge in [0.2, 0.25) is 0 Å². The molecule has 0 bridgehead atoms. The molecular formula is C23H27F2NO3. The Morgan fingerprint density at radius 1 is 1.10 bits per heavy atom. The molecule has 1 aliphatic rings. The molecule has 0 unspecified atom stereocenters. The van der Waals surface area contributed by atoms with E-state index in [1.54, 1.807) is 4.90 Å². The van der Waals surface area contributed by atoms with Gasteiger partial charge in [0.05, 0.1) is 6.54 Å². The molecule has 1 aliphatic heterocycles. The van der Waals surface area contributed by atoms with Crippen LogP contribution in [0.3, 0.4) is 0 Å². The van der Waals surface area contributed by atoms with Gasteiger partial charge in [-0.15, -0.1) is 0 Å². The van der Waals surface area contributed by atoms with Crippen molar-refractivity contribution in [3.63, 3.8) is 0 Å². The zero-order valence-corrected chi connectivity index (χ0v) is 17.3. The summed E-state index contributed by atoms with van der Waals surface area (Å²) in [7, 11) is 0. The van der Waals surface area contributed by atoms with Crippen LogP contribution >= 0.6 is 0 Å². The zero-order valence-electron chi connectivity index (χ0n) is 17.3. The molecule has 6 heteroatoms. The first-order valence-electron chi connectivity index (χ1n) is 9.72. The Morgan fingerprint density at radius 2 is 1.79 bits per heavy atom. The maximum absolute atomic E-state index is 14.0. The second-order valence-corrected chi connectivity index (χ2v) is 8.43. The maximum Gasteiger partial charge on any atom is 0.410 e. The van der Waals surface area contributed by atoms with E-state index in [0.717, 1.165) is 23.6 Å². The molecule has 1 heterocycles. The van der Waals surface area contributed by atoms with Gasteiger partial charge in [0, 0.05) is 24.6 Å². The highest BCUT2D eigenvalue weighted by atomic mass is 19.3. The number of halogens is 2. The first kappa shape index (κ1) is 21.1. The molecule has 0 saturated carbocycles. The van der Waals surface area contributed by atoms with Crippen molar-refractivity contribution in [1.82, 2.24) is 4.90 Å². The van der Waals surface area contributed by atoms with Gasteiger partial charge >= 0.3 is 6.09 Å². The number of alkyl halides is 2. The third-order valence-electron chi connectivity index (χ3n) is 4.70. The molecule has 0 aliphatic carbocycles. The van der Waals surface area contributed by atoms with E-state index in [9.17, 15) is 13.6 Å². The summed E-state index contributed by atoms with van der Waals surface area (Å²) in [5, 5.41) is 0. The molecule has 0 saturated heterocycles. The van der Waals surface area contributed by atoms with E-state index in [1.165, 1.54) is 12.1 Å². The van der Waals surface area contributed by atoms with Gasteiger partial charge in [0.15, 0.2) is 0 Å². The Hall–Kier alpha value is -2.63. The quantitative estimate of drug-likeness (QED) is 0.660. The molecule has 0 N–H and O–H groups in total. The lowest BCUT2D eigenvalue weighted by Crippen LogP contribution is -2.40. The molecule has 3 rings (SSSR count). The summed E-state index contributed by atoms with van der Waals surface area (Å²) in [6.07, 6.45) is 0.0577. The predicted molar refractivity (Wildman–Crippen MR) is 107 cm³/mol. The molecule has 0 atom stereocenters. The summed E-state index contributed by atoms with van der Waals surface area (Å²) in [6.45, 7) is 7.26. The SMILES string of the molecule is CC(C)(C)OC(=O)N1CCc2cc(C(C)(F)F)cc(OCc3ccccc3)c2C1. The van der Waals surface area contributed by atoms with Crippen LogP contribution in [-0.2, 0) is 30.2 Å². The van der Waals surface area contributed by atoms with E-state index < -0.39 is 17.6 Å². The lowest BCUT2D eigenvalue weighted by Gasteiger charge is -2.32. The van der Waals surface area contributed by atoms with Crippen LogP contribution in [0.2, 0.25) is 0 Å². The Bertz CT molecular complexity index is 870. The molecule has 0 radical (unpaired) electrons. The van der Waals surface area contributed by atoms with Gasteiger partial charge in [-0.1, -0.05) is 30.3 Å². The van der Waals surface area contributed by atoms with Crippen molar-refractivity contribution in [2.75, 3.05) is 6.54 Å². The van der Waals surface area contributed by atoms with Gasteiger partial charge in [-0.05, 0) is 50.5 Å². The van der Waals surface area contributed by atoms with E-state index in [-0.39, 0.29) is 18.7 Å². The van der Waals surface area contributed by atoms with Crippen LogP contribution in [0.4, 0.5) is 13.6 Å². The summed E-state index contributed by atoms with van der Waals surface area (Å²) >= 11 is 0. The van der Waals surface area contributed by atoms with E-state index in [2.05, 4.69) is 0 Å². The molecule has 0 fully saturated rings. The minimum atomic E-state index is -2.97. The fourth-order valence-corrected chi connectivity index (χ4v) is 3.23. The van der Waals surface area contributed by atoms with Crippen molar-refractivity contribution < 1.29 is 23.0 Å². The zero-order chi connectivity index (χ0) is 21.2. The topological polar surface area (TPSA) is 38.8 Å². The normalized spacial score (nSPS) is 14.3. The van der Waals surface area contributed by atoms with Crippen LogP contribution in [0.25, 0.3) is 0 Å². The largest absolute Gasteiger partial charge is 0.489 e. The van der Waals surface area contributed by atoms with E-state index in [1.807, 2.05) is 51.1 Å². The molecule has 1 amide bonds. The van der Waals surface area contributed by atoms with Gasteiger partial charge in [0.1, 0.15) is 18.0 Å². The number of carbonyl (C=O) groups is 1. The van der Waals surface area contributed by atoms with E-state index in [0.29, 0.717) is 18.7 Å². The van der Waals surface area contributed by atoms with Crippen molar-refractivity contribution in [3.05, 3.63) is 64.7 Å². The number of fused-ring (bicyclic) bond motifs is 1. The molecule has 156 valence electrons. The first-order chi connectivity index (χ1) is 13.5. The van der Waals surface area contributed by atoms with Gasteiger partial charge in [-0.25, -0.2) is 13.6 Å². The van der Waals surface area contributed by atoms with Crippen LogP contribution in [0.5, 0.6) is 5.75 Å². The summed E-state index contributed by atoms with van der Waals surface area (Å²) in [5.74, 6) is -2.58. The van der Waals surface area contributed by atoms with Crippen molar-refractivity contribution >= 4 is 6.09 Å². The number of hydrogen-bond acceptors (Lipinski definition) is 3. The number of carbonyl (C=O) groups excluding carboxylic acids is 1. The van der Waals surface area contributed by atoms with Crippen LogP contribution in [0, 0.1) is 0 Å². The number of benzene rings is 2. The maximum atomic E-state index is 14.0. The van der Waals surface area contributed by atoms with E-state index >= 15 is 0 Å². The van der Waals surface area contributed by atoms with Gasteiger partial charge in [-0.2, -0.15) is 0 Å². The summed E-state index contributed by atoms with van der Waals surface area (Å²) in [6, 6.07) is 12.4. The molecule has 2 aromatic rings. The molecule has 4 nitrogen and oxygen atoms in total. The third-order valence-corrected chi connectivity index (χ3v) is 4.70. The molecule has 2 aromatic carbocycles. The fourth-order valence-electron chi connectivity index (χ4n) is 3.23. The average molecular weight is 403 g/mol. The second-order valence-electron chi connectivity index (χ2n) is 8.43. The summed E-state index contributed by atoms with van der Waals surface area (Å²) < 4.78 is 39.4. The summed E-state index contributed by atoms with van der Waals surface area (Å²) in [4.78, 5) is 14.1. The van der Waals surface area contributed by atoms with Crippen LogP contribution in [0.15, 0.2) is 42.5 Å². The van der Waals surface area contributed by atoms with Crippen LogP contribution in [-0.4, -0.2) is 23.1 Å². The average Bonchev–Trinajstić information content (AvgIpc) is 2.64. The monoisotopic (exact) mass is 403 g/mol. The van der Waals surface area contributed by atoms with Crippen molar-refractivity contribution in [1.29, 1.82) is 0 Å². The van der Waals surface area contributed by atoms with Crippen LogP contribution < -0.4 is 4.74 Å². The van der Waals surface area contributed by atoms with Gasteiger partial charge in [-0.3, -0.25) is 0 Å². The Morgan fingerprint density at radius 3 is 2.41 bits per heavy atom. The molecule has 0 spiro atoms. The third kappa shape index (κ3) is 5.46. The van der Waals surface area contributed by atoms with Gasteiger partial charge in [0.25, 0.3) is 5.92 Å². The van der Waals surface area contributed by atoms with E-state index in [4.69, 9.17) is 9.47 Å². The first-order valence-corrected chi connectivity index (χ1v) is 9.72. The lowest BCUT2D eigenvalue weighted by atomic mass is 9.94. The highest BCUT2D eigenvalue weighted by Gasteiger charge is 2.31. The smallest absolute Gasteiger partial charge is 0.410 e. The Labute approximate surface area is 170 Å². The number of nitrogens with zero attached hydrogens (tertiary/aromatic N) is 1. The second kappa shape index (κ2) is 8.01. The van der Waals surface area contributed by atoms with Crippen LogP contribution in [0.1, 0.15) is 49.9 Å². The molecule has 29 heavy (non-hydrogen) atoms. The summed E-state index contributed by atoms with van der Waals surface area (Å²) in [5.41, 5.74) is 1.80. The lowest BCUT2D eigenvalue weighted by molar-refractivity contribution is 0.0159. The number of rotatable bonds is 4. The van der Waals surface area contributed by atoms with Crippen molar-refractivity contribution in [2.24, 2.45) is 0 Å². The van der Waals surface area contributed by atoms with Crippen molar-refractivity contribution in [3.8, 4) is 5.75 Å². The fraction of sp³-hybridized carbons (Fsp3) is 0.435. The molecular weight excluding hydrogens is 376 g/mol. The molecule has 0 aromatic heterocycles. The highest BCUT2D eigenvalue weighted by Crippen LogP contribution is 2.37. The number of amides is 1. The standard InChI is InChI=1S/C23H27F2NO3/c1-22(2,3)29-21(27)26-11-10-17-12-18(23(4,24)25)13-20(19(17)14-26)28-15-16-8-6-5-7-9-16/h5-9,12-13H,10-11,14-15H2,1-4H3. The highest BCUT2D eigenvalue weighted by molar-refractivity contribution is 5.69. The minimum Gasteiger partial charge on any atom is -0.489 e. The Balaban J connectivity index is 1.89. The Kier molecular flexibility index (Phi) is 5.82. The van der Waals surface area contributed by atoms with Crippen molar-refractivity contribution in [2.45, 2.75) is 58.8 Å². The predicted octanol–water partition coefficient (Wildman–Crippen LogP) is 5.67. The number of hydrogen-bond donors (Lipinski definition) is 0. The van der Waals surface area contributed by atoms with Gasteiger partial charge < -0.3 is 14.4 Å². The minimum absolute atomic E-state index is 0.0787. The number of ether oxygens (including phenoxy) is 2.